The maximum absolute atomic E-state index is 10.5. The van der Waals surface area contributed by atoms with Gasteiger partial charge in [0.1, 0.15) is 6.07 Å². The summed E-state index contributed by atoms with van der Waals surface area (Å²) < 4.78 is 0. The number of carbonyl (C=O) groups is 1. The molecule has 106 valence electrons. The van der Waals surface area contributed by atoms with Gasteiger partial charge in [-0.15, -0.1) is 0 Å². The lowest BCUT2D eigenvalue weighted by atomic mass is 9.97. The summed E-state index contributed by atoms with van der Waals surface area (Å²) in [6.45, 7) is 2.42. The van der Waals surface area contributed by atoms with Crippen LogP contribution in [0.5, 0.6) is 0 Å². The van der Waals surface area contributed by atoms with E-state index in [9.17, 15) is 4.79 Å². The van der Waals surface area contributed by atoms with E-state index in [0.29, 0.717) is 18.2 Å². The number of aliphatic carboxylic acids is 1. The van der Waals surface area contributed by atoms with Crippen LogP contribution in [0.1, 0.15) is 18.5 Å². The minimum atomic E-state index is -0.836. The number of pyridine rings is 1. The van der Waals surface area contributed by atoms with Crippen LogP contribution in [0, 0.1) is 17.2 Å². The molecule has 6 nitrogen and oxygen atoms in total. The summed E-state index contributed by atoms with van der Waals surface area (Å²) in [5, 5.41) is 20.7. The van der Waals surface area contributed by atoms with E-state index in [0.717, 1.165) is 31.6 Å². The fourth-order valence-electron chi connectivity index (χ4n) is 2.57. The zero-order valence-electron chi connectivity index (χ0n) is 11.2. The van der Waals surface area contributed by atoms with Gasteiger partial charge < -0.3 is 15.3 Å². The van der Waals surface area contributed by atoms with Gasteiger partial charge in [0.2, 0.25) is 0 Å². The Morgan fingerprint density at radius 2 is 2.50 bits per heavy atom. The SMILES string of the molecule is N#Cc1ncccc1N1CCCC(CNCC(=O)O)C1. The molecule has 0 aliphatic carbocycles. The average molecular weight is 274 g/mol. The highest BCUT2D eigenvalue weighted by molar-refractivity contribution is 5.69. The molecule has 1 saturated heterocycles. The first-order valence-electron chi connectivity index (χ1n) is 6.73. The number of hydrogen-bond acceptors (Lipinski definition) is 5. The number of carboxylic acid groups (broad SMARTS) is 1. The molecule has 1 aromatic heterocycles. The zero-order valence-corrected chi connectivity index (χ0v) is 11.2. The largest absolute Gasteiger partial charge is 0.480 e. The molecule has 1 atom stereocenters. The number of rotatable bonds is 5. The molecule has 2 N–H and O–H groups in total. The van der Waals surface area contributed by atoms with Crippen molar-refractivity contribution >= 4 is 11.7 Å². The maximum Gasteiger partial charge on any atom is 0.317 e. The van der Waals surface area contributed by atoms with Crippen LogP contribution in [0.15, 0.2) is 18.3 Å². The van der Waals surface area contributed by atoms with Gasteiger partial charge >= 0.3 is 5.97 Å². The second-order valence-electron chi connectivity index (χ2n) is 4.96. The quantitative estimate of drug-likeness (QED) is 0.827. The molecular formula is C14H18N4O2. The van der Waals surface area contributed by atoms with Gasteiger partial charge in [-0.2, -0.15) is 5.26 Å². The van der Waals surface area contributed by atoms with Crippen molar-refractivity contribution in [3.8, 4) is 6.07 Å². The zero-order chi connectivity index (χ0) is 14.4. The van der Waals surface area contributed by atoms with Gasteiger partial charge in [-0.25, -0.2) is 4.98 Å². The molecule has 0 amide bonds. The minimum Gasteiger partial charge on any atom is -0.480 e. The summed E-state index contributed by atoms with van der Waals surface area (Å²) in [4.78, 5) is 16.7. The highest BCUT2D eigenvalue weighted by Gasteiger charge is 2.22. The number of piperidine rings is 1. The molecule has 0 radical (unpaired) electrons. The Bertz CT molecular complexity index is 512. The molecule has 2 rings (SSSR count). The molecular weight excluding hydrogens is 256 g/mol. The number of carboxylic acids is 1. The lowest BCUT2D eigenvalue weighted by Crippen LogP contribution is -2.41. The molecule has 0 spiro atoms. The highest BCUT2D eigenvalue weighted by atomic mass is 16.4. The number of nitrogens with one attached hydrogen (secondary N) is 1. The number of nitrogens with zero attached hydrogens (tertiary/aromatic N) is 3. The van der Waals surface area contributed by atoms with E-state index in [1.807, 2.05) is 12.1 Å². The van der Waals surface area contributed by atoms with Crippen molar-refractivity contribution < 1.29 is 9.90 Å². The Hall–Kier alpha value is -2.13. The lowest BCUT2D eigenvalue weighted by molar-refractivity contribution is -0.136. The van der Waals surface area contributed by atoms with Crippen molar-refractivity contribution in [3.63, 3.8) is 0 Å². The van der Waals surface area contributed by atoms with E-state index < -0.39 is 5.97 Å². The molecule has 0 aromatic carbocycles. The Kier molecular flexibility index (Phi) is 4.91. The second kappa shape index (κ2) is 6.87. The molecule has 0 bridgehead atoms. The van der Waals surface area contributed by atoms with Gasteiger partial charge in [-0.05, 0) is 30.9 Å². The Morgan fingerprint density at radius 1 is 1.65 bits per heavy atom. The average Bonchev–Trinajstić information content (AvgIpc) is 2.47. The monoisotopic (exact) mass is 274 g/mol. The first-order chi connectivity index (χ1) is 9.70. The Balaban J connectivity index is 1.96. The summed E-state index contributed by atoms with van der Waals surface area (Å²) in [7, 11) is 0. The van der Waals surface area contributed by atoms with Crippen molar-refractivity contribution in [3.05, 3.63) is 24.0 Å². The fourth-order valence-corrected chi connectivity index (χ4v) is 2.57. The van der Waals surface area contributed by atoms with Crippen LogP contribution in [0.4, 0.5) is 5.69 Å². The van der Waals surface area contributed by atoms with Gasteiger partial charge in [0.25, 0.3) is 0 Å². The first kappa shape index (κ1) is 14.3. The predicted molar refractivity (Wildman–Crippen MR) is 74.4 cm³/mol. The van der Waals surface area contributed by atoms with Crippen LogP contribution in [-0.2, 0) is 4.79 Å². The molecule has 2 heterocycles. The third kappa shape index (κ3) is 3.68. The molecule has 0 saturated carbocycles. The molecule has 1 aliphatic heterocycles. The van der Waals surface area contributed by atoms with E-state index in [1.54, 1.807) is 6.20 Å². The van der Waals surface area contributed by atoms with Crippen molar-refractivity contribution in [2.24, 2.45) is 5.92 Å². The predicted octanol–water partition coefficient (Wildman–Crippen LogP) is 0.844. The van der Waals surface area contributed by atoms with Crippen molar-refractivity contribution in [1.29, 1.82) is 5.26 Å². The third-order valence-electron chi connectivity index (χ3n) is 3.46. The van der Waals surface area contributed by atoms with Gasteiger partial charge in [-0.1, -0.05) is 0 Å². The van der Waals surface area contributed by atoms with Crippen molar-refractivity contribution in [2.45, 2.75) is 12.8 Å². The molecule has 1 aliphatic rings. The third-order valence-corrected chi connectivity index (χ3v) is 3.46. The van der Waals surface area contributed by atoms with E-state index in [1.165, 1.54) is 0 Å². The van der Waals surface area contributed by atoms with Gasteiger partial charge in [0, 0.05) is 25.8 Å². The van der Waals surface area contributed by atoms with E-state index in [4.69, 9.17) is 10.4 Å². The first-order valence-corrected chi connectivity index (χ1v) is 6.73. The highest BCUT2D eigenvalue weighted by Crippen LogP contribution is 2.24. The Morgan fingerprint density at radius 3 is 3.25 bits per heavy atom. The van der Waals surface area contributed by atoms with E-state index in [-0.39, 0.29) is 6.54 Å². The standard InChI is InChI=1S/C14H18N4O2/c15-7-12-13(4-1-5-17-12)18-6-2-3-11(10-18)8-16-9-14(19)20/h1,4-5,11,16H,2-3,6,8-10H2,(H,19,20). The van der Waals surface area contributed by atoms with Crippen LogP contribution in [0.25, 0.3) is 0 Å². The van der Waals surface area contributed by atoms with Crippen molar-refractivity contribution in [2.75, 3.05) is 31.1 Å². The summed E-state index contributed by atoms with van der Waals surface area (Å²) >= 11 is 0. The summed E-state index contributed by atoms with van der Waals surface area (Å²) in [6.07, 6.45) is 3.74. The molecule has 20 heavy (non-hydrogen) atoms. The van der Waals surface area contributed by atoms with E-state index in [2.05, 4.69) is 21.3 Å². The number of aromatic nitrogens is 1. The normalized spacial score (nSPS) is 18.6. The molecule has 1 unspecified atom stereocenters. The maximum atomic E-state index is 10.5. The fraction of sp³-hybridized carbons (Fsp3) is 0.500. The minimum absolute atomic E-state index is 0.00711. The number of nitriles is 1. The van der Waals surface area contributed by atoms with Gasteiger partial charge in [-0.3, -0.25) is 4.79 Å². The molecule has 1 aromatic rings. The number of hydrogen-bond donors (Lipinski definition) is 2. The lowest BCUT2D eigenvalue weighted by Gasteiger charge is -2.34. The molecule has 1 fully saturated rings. The van der Waals surface area contributed by atoms with Crippen molar-refractivity contribution in [1.82, 2.24) is 10.3 Å². The molecule has 6 heteroatoms. The van der Waals surface area contributed by atoms with Crippen LogP contribution in [-0.4, -0.2) is 42.2 Å². The van der Waals surface area contributed by atoms with Gasteiger partial charge in [0.15, 0.2) is 5.69 Å². The number of anilines is 1. The summed E-state index contributed by atoms with van der Waals surface area (Å²) in [5.41, 5.74) is 1.32. The van der Waals surface area contributed by atoms with Crippen LogP contribution < -0.4 is 10.2 Å². The van der Waals surface area contributed by atoms with Crippen LogP contribution >= 0.6 is 0 Å². The van der Waals surface area contributed by atoms with Gasteiger partial charge in [0.05, 0.1) is 12.2 Å². The van der Waals surface area contributed by atoms with Crippen LogP contribution in [0.3, 0.4) is 0 Å². The summed E-state index contributed by atoms with van der Waals surface area (Å²) in [6, 6.07) is 5.87. The Labute approximate surface area is 118 Å². The second-order valence-corrected chi connectivity index (χ2v) is 4.96. The van der Waals surface area contributed by atoms with Crippen LogP contribution in [0.2, 0.25) is 0 Å². The van der Waals surface area contributed by atoms with E-state index >= 15 is 0 Å². The smallest absolute Gasteiger partial charge is 0.317 e. The summed E-state index contributed by atoms with van der Waals surface area (Å²) in [5.74, 6) is -0.438. The topological polar surface area (TPSA) is 89.3 Å².